The van der Waals surface area contributed by atoms with Gasteiger partial charge in [0.1, 0.15) is 4.21 Å². The Labute approximate surface area is 131 Å². The van der Waals surface area contributed by atoms with Gasteiger partial charge in [-0.05, 0) is 29.9 Å². The molecule has 21 heavy (non-hydrogen) atoms. The van der Waals surface area contributed by atoms with Crippen LogP contribution >= 0.6 is 11.3 Å². The summed E-state index contributed by atoms with van der Waals surface area (Å²) in [5, 5.41) is 5.20. The first-order valence-corrected chi connectivity index (χ1v) is 9.60. The van der Waals surface area contributed by atoms with Crippen LogP contribution in [0.4, 0.5) is 0 Å². The number of thiophene rings is 1. The van der Waals surface area contributed by atoms with E-state index < -0.39 is 10.0 Å². The fourth-order valence-corrected chi connectivity index (χ4v) is 4.85. The molecule has 1 atom stereocenters. The van der Waals surface area contributed by atoms with Crippen molar-refractivity contribution in [3.05, 3.63) is 17.0 Å². The van der Waals surface area contributed by atoms with Crippen molar-refractivity contribution in [2.24, 2.45) is 0 Å². The summed E-state index contributed by atoms with van der Waals surface area (Å²) in [5.41, 5.74) is 1.01. The molecule has 1 fully saturated rings. The minimum absolute atomic E-state index is 0.0341. The first-order chi connectivity index (χ1) is 9.89. The molecule has 2 rings (SSSR count). The summed E-state index contributed by atoms with van der Waals surface area (Å²) < 4.78 is 32.4. The molecular weight excluding hydrogens is 308 g/mol. The predicted molar refractivity (Wildman–Crippen MR) is 85.1 cm³/mol. The van der Waals surface area contributed by atoms with Gasteiger partial charge in [0.25, 0.3) is 10.0 Å². The fourth-order valence-electron chi connectivity index (χ4n) is 2.23. The van der Waals surface area contributed by atoms with E-state index in [1.165, 1.54) is 15.6 Å². The topological polar surface area (TPSA) is 58.6 Å². The highest BCUT2D eigenvalue weighted by Crippen LogP contribution is 2.24. The summed E-state index contributed by atoms with van der Waals surface area (Å²) in [7, 11) is -1.77. The zero-order chi connectivity index (χ0) is 15.5. The zero-order valence-electron chi connectivity index (χ0n) is 12.8. The fraction of sp³-hybridized carbons (Fsp3) is 0.714. The second-order valence-electron chi connectivity index (χ2n) is 5.73. The van der Waals surface area contributed by atoms with E-state index in [2.05, 4.69) is 19.2 Å². The van der Waals surface area contributed by atoms with Crippen LogP contribution in [0, 0.1) is 0 Å². The van der Waals surface area contributed by atoms with Gasteiger partial charge in [0, 0.05) is 32.8 Å². The van der Waals surface area contributed by atoms with E-state index in [1.807, 2.05) is 5.38 Å². The van der Waals surface area contributed by atoms with E-state index in [4.69, 9.17) is 4.74 Å². The number of nitrogens with zero attached hydrogens (tertiary/aromatic N) is 1. The molecule has 1 aromatic heterocycles. The number of sulfonamides is 1. The lowest BCUT2D eigenvalue weighted by molar-refractivity contribution is 0.0979. The van der Waals surface area contributed by atoms with Crippen molar-refractivity contribution in [3.8, 4) is 0 Å². The minimum atomic E-state index is -3.40. The Bertz CT molecular complexity index is 548. The maximum Gasteiger partial charge on any atom is 0.252 e. The second-order valence-corrected chi connectivity index (χ2v) is 8.91. The van der Waals surface area contributed by atoms with Crippen LogP contribution in [0.25, 0.3) is 0 Å². The molecule has 1 saturated heterocycles. The van der Waals surface area contributed by atoms with Gasteiger partial charge < -0.3 is 10.1 Å². The number of hydrogen-bond acceptors (Lipinski definition) is 5. The van der Waals surface area contributed by atoms with Crippen LogP contribution in [0.2, 0.25) is 0 Å². The number of likely N-dealkylation sites (N-methyl/N-ethyl adjacent to an activating group) is 1. The molecule has 0 aliphatic carbocycles. The lowest BCUT2D eigenvalue weighted by Crippen LogP contribution is -2.33. The molecule has 0 amide bonds. The van der Waals surface area contributed by atoms with E-state index in [0.717, 1.165) is 25.0 Å². The lowest BCUT2D eigenvalue weighted by Gasteiger charge is -2.19. The molecule has 1 aliphatic rings. The number of rotatable bonds is 7. The van der Waals surface area contributed by atoms with E-state index in [9.17, 15) is 8.42 Å². The van der Waals surface area contributed by atoms with Crippen LogP contribution in [-0.2, 0) is 21.3 Å². The Kier molecular flexibility index (Phi) is 5.79. The average molecular weight is 332 g/mol. The predicted octanol–water partition coefficient (Wildman–Crippen LogP) is 2.05. The third-order valence-corrected chi connectivity index (χ3v) is 6.78. The van der Waals surface area contributed by atoms with Crippen molar-refractivity contribution in [1.29, 1.82) is 0 Å². The Morgan fingerprint density at radius 2 is 2.29 bits per heavy atom. The first kappa shape index (κ1) is 16.9. The van der Waals surface area contributed by atoms with Crippen LogP contribution < -0.4 is 5.32 Å². The van der Waals surface area contributed by atoms with Crippen molar-refractivity contribution < 1.29 is 13.2 Å². The molecule has 5 nitrogen and oxygen atoms in total. The third kappa shape index (κ3) is 4.50. The Hall–Kier alpha value is -0.470. The van der Waals surface area contributed by atoms with E-state index in [1.54, 1.807) is 13.1 Å². The highest BCUT2D eigenvalue weighted by atomic mass is 32.2. The van der Waals surface area contributed by atoms with Gasteiger partial charge in [-0.15, -0.1) is 11.3 Å². The Morgan fingerprint density at radius 3 is 2.90 bits per heavy atom. The number of nitrogens with one attached hydrogen (secondary N) is 1. The maximum atomic E-state index is 12.5. The van der Waals surface area contributed by atoms with Crippen molar-refractivity contribution in [1.82, 2.24) is 9.62 Å². The van der Waals surface area contributed by atoms with Crippen LogP contribution in [0.15, 0.2) is 15.7 Å². The van der Waals surface area contributed by atoms with Gasteiger partial charge in [0.2, 0.25) is 0 Å². The molecule has 0 bridgehead atoms. The van der Waals surface area contributed by atoms with Gasteiger partial charge in [-0.25, -0.2) is 8.42 Å². The van der Waals surface area contributed by atoms with Gasteiger partial charge in [0.05, 0.1) is 6.10 Å². The maximum absolute atomic E-state index is 12.5. The molecule has 0 spiro atoms. The lowest BCUT2D eigenvalue weighted by atomic mass is 10.2. The molecule has 1 unspecified atom stereocenters. The van der Waals surface area contributed by atoms with Gasteiger partial charge in [-0.3, -0.25) is 0 Å². The second kappa shape index (κ2) is 7.19. The molecule has 0 aromatic carbocycles. The van der Waals surface area contributed by atoms with Crippen molar-refractivity contribution in [2.45, 2.75) is 49.6 Å². The molecule has 120 valence electrons. The molecular formula is C14H24N2O3S2. The normalized spacial score (nSPS) is 19.8. The molecule has 1 N–H and O–H groups in total. The van der Waals surface area contributed by atoms with Crippen LogP contribution in [0.1, 0.15) is 32.3 Å². The third-order valence-electron chi connectivity index (χ3n) is 3.49. The highest BCUT2D eigenvalue weighted by Gasteiger charge is 2.27. The molecule has 0 saturated carbocycles. The van der Waals surface area contributed by atoms with Gasteiger partial charge in [0.15, 0.2) is 0 Å². The average Bonchev–Trinajstić information content (AvgIpc) is 3.07. The number of hydrogen-bond donors (Lipinski definition) is 1. The van der Waals surface area contributed by atoms with Crippen LogP contribution in [0.5, 0.6) is 0 Å². The summed E-state index contributed by atoms with van der Waals surface area (Å²) in [6, 6.07) is 2.15. The van der Waals surface area contributed by atoms with E-state index >= 15 is 0 Å². The summed E-state index contributed by atoms with van der Waals surface area (Å²) in [5.74, 6) is 0. The monoisotopic (exact) mass is 332 g/mol. The molecule has 2 heterocycles. The summed E-state index contributed by atoms with van der Waals surface area (Å²) in [4.78, 5) is 0. The molecule has 1 aliphatic heterocycles. The molecule has 1 aromatic rings. The van der Waals surface area contributed by atoms with Crippen LogP contribution in [-0.4, -0.2) is 45.1 Å². The van der Waals surface area contributed by atoms with E-state index in [-0.39, 0.29) is 6.10 Å². The van der Waals surface area contributed by atoms with Crippen LogP contribution in [0.3, 0.4) is 0 Å². The summed E-state index contributed by atoms with van der Waals surface area (Å²) in [6.07, 6.45) is 1.99. The van der Waals surface area contributed by atoms with Gasteiger partial charge in [-0.2, -0.15) is 4.31 Å². The molecule has 0 radical (unpaired) electrons. The molecule has 7 heteroatoms. The highest BCUT2D eigenvalue weighted by molar-refractivity contribution is 7.91. The smallest absolute Gasteiger partial charge is 0.252 e. The summed E-state index contributed by atoms with van der Waals surface area (Å²) in [6.45, 7) is 6.00. The van der Waals surface area contributed by atoms with Crippen molar-refractivity contribution >= 4 is 21.4 Å². The van der Waals surface area contributed by atoms with Gasteiger partial charge in [-0.1, -0.05) is 13.8 Å². The number of ether oxygens (including phenoxy) is 1. The Morgan fingerprint density at radius 1 is 1.52 bits per heavy atom. The minimum Gasteiger partial charge on any atom is -0.377 e. The Balaban J connectivity index is 2.00. The van der Waals surface area contributed by atoms with Gasteiger partial charge >= 0.3 is 0 Å². The van der Waals surface area contributed by atoms with Crippen molar-refractivity contribution in [3.63, 3.8) is 0 Å². The van der Waals surface area contributed by atoms with Crippen molar-refractivity contribution in [2.75, 3.05) is 20.2 Å². The largest absolute Gasteiger partial charge is 0.377 e. The standard InChI is InChI=1S/C14H24N2O3S2/c1-11(2)15-8-12-7-14(20-10-12)21(17,18)16(3)9-13-5-4-6-19-13/h7,10-11,13,15H,4-6,8-9H2,1-3H3. The van der Waals surface area contributed by atoms with E-state index in [0.29, 0.717) is 23.3 Å². The first-order valence-electron chi connectivity index (χ1n) is 7.28. The zero-order valence-corrected chi connectivity index (χ0v) is 14.5. The summed E-state index contributed by atoms with van der Waals surface area (Å²) >= 11 is 1.28. The quantitative estimate of drug-likeness (QED) is 0.830. The SMILES string of the molecule is CC(C)NCc1csc(S(=O)(=O)N(C)CC2CCCO2)c1.